The third-order valence-corrected chi connectivity index (χ3v) is 7.61. The van der Waals surface area contributed by atoms with Crippen molar-refractivity contribution in [2.24, 2.45) is 0 Å². The van der Waals surface area contributed by atoms with Crippen molar-refractivity contribution in [3.8, 4) is 0 Å². The van der Waals surface area contributed by atoms with E-state index >= 15 is 0 Å². The van der Waals surface area contributed by atoms with E-state index in [-0.39, 0.29) is 11.5 Å². The van der Waals surface area contributed by atoms with Gasteiger partial charge in [-0.05, 0) is 44.9 Å². The molecule has 2 aliphatic heterocycles. The molecule has 1 saturated heterocycles. The molecule has 8 nitrogen and oxygen atoms in total. The number of nitrogens with one attached hydrogen (secondary N) is 1. The minimum absolute atomic E-state index is 0.0402. The zero-order valence-corrected chi connectivity index (χ0v) is 18.7. The number of carbonyl (C=O) groups excluding carboxylic acids is 2. The molecule has 0 unspecified atom stereocenters. The Bertz CT molecular complexity index is 951. The maximum atomic E-state index is 12.9. The number of carbonyl (C=O) groups is 2. The van der Waals surface area contributed by atoms with Crippen molar-refractivity contribution >= 4 is 27.5 Å². The van der Waals surface area contributed by atoms with Crippen LogP contribution in [0.2, 0.25) is 0 Å². The zero-order chi connectivity index (χ0) is 22.1. The second-order valence-corrected chi connectivity index (χ2v) is 9.79. The molecule has 0 bridgehead atoms. The maximum Gasteiger partial charge on any atom is 0.337 e. The van der Waals surface area contributed by atoms with Crippen molar-refractivity contribution in [3.63, 3.8) is 0 Å². The van der Waals surface area contributed by atoms with Gasteiger partial charge in [0.15, 0.2) is 9.84 Å². The molecule has 2 aliphatic rings. The first-order chi connectivity index (χ1) is 14.2. The first-order valence-corrected chi connectivity index (χ1v) is 12.0. The molecule has 0 radical (unpaired) electrons. The van der Waals surface area contributed by atoms with Crippen LogP contribution in [0.15, 0.2) is 35.5 Å². The number of ether oxygens (including phenoxy) is 1. The minimum atomic E-state index is -3.18. The van der Waals surface area contributed by atoms with Crippen LogP contribution in [0.25, 0.3) is 0 Å². The molecule has 1 aromatic carbocycles. The summed E-state index contributed by atoms with van der Waals surface area (Å²) in [4.78, 5) is 29.2. The highest BCUT2D eigenvalue weighted by atomic mass is 32.2. The average molecular weight is 436 g/mol. The van der Waals surface area contributed by atoms with Crippen LogP contribution < -0.4 is 10.2 Å². The maximum absolute atomic E-state index is 12.9. The predicted octanol–water partition coefficient (Wildman–Crippen LogP) is 2.23. The second-order valence-electron chi connectivity index (χ2n) is 7.56. The van der Waals surface area contributed by atoms with E-state index in [1.54, 1.807) is 6.92 Å². The molecule has 0 aromatic heterocycles. The fourth-order valence-electron chi connectivity index (χ4n) is 4.27. The summed E-state index contributed by atoms with van der Waals surface area (Å²) in [5, 5.41) is 2.88. The van der Waals surface area contributed by atoms with Crippen molar-refractivity contribution in [2.45, 2.75) is 39.3 Å². The van der Waals surface area contributed by atoms with Gasteiger partial charge in [0.05, 0.1) is 36.3 Å². The molecule has 2 atom stereocenters. The van der Waals surface area contributed by atoms with Crippen molar-refractivity contribution in [2.75, 3.05) is 36.6 Å². The number of hydrogen-bond donors (Lipinski definition) is 1. The number of nitrogens with zero attached hydrogens (tertiary/aromatic N) is 2. The summed E-state index contributed by atoms with van der Waals surface area (Å²) in [6.07, 6.45) is 0.352. The van der Waals surface area contributed by atoms with Crippen LogP contribution >= 0.6 is 0 Å². The summed E-state index contributed by atoms with van der Waals surface area (Å²) >= 11 is 0. The molecular weight excluding hydrogens is 406 g/mol. The molecule has 0 aliphatic carbocycles. The van der Waals surface area contributed by atoms with Crippen LogP contribution in [-0.4, -0.2) is 63.1 Å². The van der Waals surface area contributed by atoms with E-state index in [4.69, 9.17) is 4.74 Å². The number of urea groups is 1. The topological polar surface area (TPSA) is 96.0 Å². The monoisotopic (exact) mass is 435 g/mol. The lowest BCUT2D eigenvalue weighted by atomic mass is 9.94. The van der Waals surface area contributed by atoms with E-state index < -0.39 is 33.9 Å². The average Bonchev–Trinajstić information content (AvgIpc) is 3.07. The second kappa shape index (κ2) is 8.67. The highest BCUT2D eigenvalue weighted by molar-refractivity contribution is 7.91. The molecule has 0 spiro atoms. The number of hydrogen-bond acceptors (Lipinski definition) is 6. The number of allylic oxidation sites excluding steroid dienone is 1. The number of amides is 2. The molecule has 164 valence electrons. The van der Waals surface area contributed by atoms with Gasteiger partial charge >= 0.3 is 12.0 Å². The van der Waals surface area contributed by atoms with Crippen LogP contribution in [0.1, 0.15) is 38.8 Å². The van der Waals surface area contributed by atoms with Gasteiger partial charge in [-0.25, -0.2) is 18.0 Å². The van der Waals surface area contributed by atoms with E-state index in [0.717, 1.165) is 24.3 Å². The third-order valence-electron chi connectivity index (χ3n) is 5.86. The first kappa shape index (κ1) is 22.1. The molecule has 2 heterocycles. The van der Waals surface area contributed by atoms with Gasteiger partial charge in [-0.15, -0.1) is 0 Å². The van der Waals surface area contributed by atoms with Crippen molar-refractivity contribution < 1.29 is 22.7 Å². The Morgan fingerprint density at radius 3 is 2.37 bits per heavy atom. The number of esters is 1. The normalized spacial score (nSPS) is 23.3. The summed E-state index contributed by atoms with van der Waals surface area (Å²) in [5.74, 6) is -0.607. The Kier molecular flexibility index (Phi) is 6.40. The van der Waals surface area contributed by atoms with Gasteiger partial charge in [0, 0.05) is 24.5 Å². The van der Waals surface area contributed by atoms with E-state index in [0.29, 0.717) is 17.7 Å². The summed E-state index contributed by atoms with van der Waals surface area (Å²) in [5.41, 5.74) is 2.57. The molecule has 3 rings (SSSR count). The molecule has 9 heteroatoms. The molecule has 2 amide bonds. The molecule has 0 saturated carbocycles. The summed E-state index contributed by atoms with van der Waals surface area (Å²) in [6, 6.07) is 6.17. The van der Waals surface area contributed by atoms with Crippen LogP contribution in [0.5, 0.6) is 0 Å². The van der Waals surface area contributed by atoms with Crippen LogP contribution in [-0.2, 0) is 19.4 Å². The Morgan fingerprint density at radius 1 is 1.23 bits per heavy atom. The molecule has 1 aromatic rings. The lowest BCUT2D eigenvalue weighted by molar-refractivity contribution is -0.136. The highest BCUT2D eigenvalue weighted by Gasteiger charge is 2.42. The van der Waals surface area contributed by atoms with E-state index in [9.17, 15) is 18.0 Å². The van der Waals surface area contributed by atoms with Gasteiger partial charge in [0.2, 0.25) is 0 Å². The molecule has 30 heavy (non-hydrogen) atoms. The summed E-state index contributed by atoms with van der Waals surface area (Å²) in [7, 11) is -1.89. The van der Waals surface area contributed by atoms with Crippen LogP contribution in [0, 0.1) is 0 Å². The van der Waals surface area contributed by atoms with Gasteiger partial charge in [-0.1, -0.05) is 12.1 Å². The SMILES string of the molecule is CCN(CC)c1ccc([C@H]2NC(=O)N([C@H]3CCS(=O)(=O)C3)C(C)=C2C(=O)OC)cc1. The number of anilines is 1. The lowest BCUT2D eigenvalue weighted by Crippen LogP contribution is -2.52. The van der Waals surface area contributed by atoms with Gasteiger partial charge in [0.25, 0.3) is 0 Å². The van der Waals surface area contributed by atoms with Crippen LogP contribution in [0.3, 0.4) is 0 Å². The van der Waals surface area contributed by atoms with Gasteiger partial charge in [-0.2, -0.15) is 0 Å². The zero-order valence-electron chi connectivity index (χ0n) is 17.8. The number of sulfone groups is 1. The molecule has 1 fully saturated rings. The molecular formula is C21H29N3O5S. The van der Waals surface area contributed by atoms with E-state index in [1.807, 2.05) is 24.3 Å². The summed E-state index contributed by atoms with van der Waals surface area (Å²) in [6.45, 7) is 7.59. The number of rotatable bonds is 6. The minimum Gasteiger partial charge on any atom is -0.466 e. The Hall–Kier alpha value is -2.55. The fraction of sp³-hybridized carbons (Fsp3) is 0.524. The Balaban J connectivity index is 1.99. The van der Waals surface area contributed by atoms with Crippen molar-refractivity contribution in [1.29, 1.82) is 0 Å². The predicted molar refractivity (Wildman–Crippen MR) is 115 cm³/mol. The Morgan fingerprint density at radius 2 is 1.87 bits per heavy atom. The van der Waals surface area contributed by atoms with Gasteiger partial charge < -0.3 is 15.0 Å². The van der Waals surface area contributed by atoms with E-state index in [2.05, 4.69) is 24.1 Å². The van der Waals surface area contributed by atoms with Gasteiger partial charge in [0.1, 0.15) is 0 Å². The smallest absolute Gasteiger partial charge is 0.337 e. The van der Waals surface area contributed by atoms with Crippen molar-refractivity contribution in [3.05, 3.63) is 41.1 Å². The first-order valence-electron chi connectivity index (χ1n) is 10.2. The fourth-order valence-corrected chi connectivity index (χ4v) is 5.97. The van der Waals surface area contributed by atoms with E-state index in [1.165, 1.54) is 12.0 Å². The standard InChI is InChI=1S/C21H29N3O5S/c1-5-23(6-2)16-9-7-15(8-10-16)19-18(20(25)29-4)14(3)24(21(26)22-19)17-11-12-30(27,28)13-17/h7-10,17,19H,5-6,11-13H2,1-4H3,(H,22,26)/t17-,19+/m0/s1. The summed E-state index contributed by atoms with van der Waals surface area (Å²) < 4.78 is 28.8. The third kappa shape index (κ3) is 4.16. The number of methoxy groups -OCH3 is 1. The van der Waals surface area contributed by atoms with Crippen molar-refractivity contribution in [1.82, 2.24) is 10.2 Å². The quantitative estimate of drug-likeness (QED) is 0.689. The largest absolute Gasteiger partial charge is 0.466 e. The van der Waals surface area contributed by atoms with Crippen LogP contribution in [0.4, 0.5) is 10.5 Å². The Labute approximate surface area is 177 Å². The number of benzene rings is 1. The highest BCUT2D eigenvalue weighted by Crippen LogP contribution is 2.34. The molecule has 1 N–H and O–H groups in total. The van der Waals surface area contributed by atoms with Gasteiger partial charge in [-0.3, -0.25) is 4.90 Å². The lowest BCUT2D eigenvalue weighted by Gasteiger charge is -2.38.